The van der Waals surface area contributed by atoms with Gasteiger partial charge in [-0.3, -0.25) is 4.79 Å². The van der Waals surface area contributed by atoms with Crippen LogP contribution in [-0.2, 0) is 11.2 Å². The predicted molar refractivity (Wildman–Crippen MR) is 101 cm³/mol. The summed E-state index contributed by atoms with van der Waals surface area (Å²) in [5.74, 6) is 0.101. The van der Waals surface area contributed by atoms with E-state index in [0.29, 0.717) is 19.5 Å². The summed E-state index contributed by atoms with van der Waals surface area (Å²) in [6, 6.07) is 0.156. The number of amides is 3. The normalized spacial score (nSPS) is 15.9. The van der Waals surface area contributed by atoms with Crippen LogP contribution < -0.4 is 10.6 Å². The van der Waals surface area contributed by atoms with E-state index < -0.39 is 0 Å². The van der Waals surface area contributed by atoms with Gasteiger partial charge in [-0.25, -0.2) is 9.78 Å². The van der Waals surface area contributed by atoms with Gasteiger partial charge in [-0.1, -0.05) is 0 Å². The molecule has 1 saturated heterocycles. The van der Waals surface area contributed by atoms with Crippen LogP contribution in [0, 0.1) is 6.92 Å². The molecule has 0 bridgehead atoms. The van der Waals surface area contributed by atoms with Gasteiger partial charge in [0.15, 0.2) is 0 Å². The molecular weight excluding hydrogens is 336 g/mol. The van der Waals surface area contributed by atoms with Crippen LogP contribution in [0.15, 0.2) is 5.38 Å². The SMILES string of the molecule is Cc1nc(CCCC(=O)NC2CCN(C(=O)NC(C)(C)C)CC2)cs1. The number of aromatic nitrogens is 1. The average Bonchev–Trinajstić information content (AvgIpc) is 2.91. The van der Waals surface area contributed by atoms with Gasteiger partial charge in [0.2, 0.25) is 5.91 Å². The highest BCUT2D eigenvalue weighted by Crippen LogP contribution is 2.13. The molecule has 3 amide bonds. The fourth-order valence-corrected chi connectivity index (χ4v) is 3.53. The van der Waals surface area contributed by atoms with E-state index in [4.69, 9.17) is 0 Å². The number of hydrogen-bond donors (Lipinski definition) is 2. The molecule has 1 fully saturated rings. The van der Waals surface area contributed by atoms with Crippen molar-refractivity contribution in [2.24, 2.45) is 0 Å². The van der Waals surface area contributed by atoms with E-state index in [-0.39, 0.29) is 23.5 Å². The molecule has 25 heavy (non-hydrogen) atoms. The Bertz CT molecular complexity index is 586. The Kier molecular flexibility index (Phi) is 6.81. The molecule has 0 aliphatic carbocycles. The van der Waals surface area contributed by atoms with E-state index >= 15 is 0 Å². The van der Waals surface area contributed by atoms with Crippen molar-refractivity contribution in [1.29, 1.82) is 0 Å². The Morgan fingerprint density at radius 1 is 1.32 bits per heavy atom. The smallest absolute Gasteiger partial charge is 0.317 e. The van der Waals surface area contributed by atoms with Gasteiger partial charge in [0, 0.05) is 36.5 Å². The van der Waals surface area contributed by atoms with Crippen LogP contribution in [0.3, 0.4) is 0 Å². The summed E-state index contributed by atoms with van der Waals surface area (Å²) in [6.07, 6.45) is 3.83. The van der Waals surface area contributed by atoms with Gasteiger partial charge < -0.3 is 15.5 Å². The molecule has 0 aromatic carbocycles. The van der Waals surface area contributed by atoms with E-state index in [1.165, 1.54) is 0 Å². The molecule has 6 nitrogen and oxygen atoms in total. The molecule has 2 heterocycles. The van der Waals surface area contributed by atoms with Crippen LogP contribution in [0.1, 0.15) is 57.2 Å². The number of aryl methyl sites for hydroxylation is 2. The maximum absolute atomic E-state index is 12.1. The predicted octanol–water partition coefficient (Wildman–Crippen LogP) is 2.86. The molecule has 1 aromatic heterocycles. The van der Waals surface area contributed by atoms with Crippen LogP contribution >= 0.6 is 11.3 Å². The minimum absolute atomic E-state index is 0.0177. The summed E-state index contributed by atoms with van der Waals surface area (Å²) in [5, 5.41) is 9.22. The van der Waals surface area contributed by atoms with Crippen molar-refractivity contribution in [3.63, 3.8) is 0 Å². The van der Waals surface area contributed by atoms with Crippen molar-refractivity contribution in [2.75, 3.05) is 13.1 Å². The molecule has 0 unspecified atom stereocenters. The monoisotopic (exact) mass is 366 g/mol. The van der Waals surface area contributed by atoms with Gasteiger partial charge in [-0.2, -0.15) is 0 Å². The lowest BCUT2D eigenvalue weighted by Gasteiger charge is -2.34. The fourth-order valence-electron chi connectivity index (χ4n) is 2.88. The molecule has 2 N–H and O–H groups in total. The van der Waals surface area contributed by atoms with Crippen molar-refractivity contribution in [3.05, 3.63) is 16.1 Å². The van der Waals surface area contributed by atoms with Gasteiger partial charge in [-0.05, 0) is 53.4 Å². The van der Waals surface area contributed by atoms with Gasteiger partial charge in [0.25, 0.3) is 0 Å². The quantitative estimate of drug-likeness (QED) is 0.841. The molecule has 0 saturated carbocycles. The third-order valence-corrected chi connectivity index (χ3v) is 4.95. The van der Waals surface area contributed by atoms with Crippen molar-refractivity contribution < 1.29 is 9.59 Å². The molecular formula is C18H30N4O2S. The number of nitrogens with zero attached hydrogens (tertiary/aromatic N) is 2. The lowest BCUT2D eigenvalue weighted by atomic mass is 10.0. The topological polar surface area (TPSA) is 74.3 Å². The van der Waals surface area contributed by atoms with Crippen LogP contribution in [-0.4, -0.2) is 46.5 Å². The van der Waals surface area contributed by atoms with E-state index in [2.05, 4.69) is 21.0 Å². The second kappa shape index (κ2) is 8.65. The van der Waals surface area contributed by atoms with E-state index in [1.54, 1.807) is 11.3 Å². The van der Waals surface area contributed by atoms with Gasteiger partial charge in [0.1, 0.15) is 0 Å². The van der Waals surface area contributed by atoms with Crippen molar-refractivity contribution in [1.82, 2.24) is 20.5 Å². The number of rotatable bonds is 5. The van der Waals surface area contributed by atoms with E-state index in [1.807, 2.05) is 32.6 Å². The Morgan fingerprint density at radius 3 is 2.56 bits per heavy atom. The van der Waals surface area contributed by atoms with Crippen LogP contribution in [0.25, 0.3) is 0 Å². The summed E-state index contributed by atoms with van der Waals surface area (Å²) in [7, 11) is 0. The largest absolute Gasteiger partial charge is 0.353 e. The molecule has 1 aromatic rings. The Labute approximate surface area is 154 Å². The fraction of sp³-hybridized carbons (Fsp3) is 0.722. The Hall–Kier alpha value is -1.63. The number of likely N-dealkylation sites (tertiary alicyclic amines) is 1. The number of hydrogen-bond acceptors (Lipinski definition) is 4. The lowest BCUT2D eigenvalue weighted by Crippen LogP contribution is -2.53. The first kappa shape index (κ1) is 19.7. The zero-order valence-corrected chi connectivity index (χ0v) is 16.5. The molecule has 1 aliphatic rings. The second-order valence-electron chi connectivity index (χ2n) is 7.72. The molecule has 7 heteroatoms. The average molecular weight is 367 g/mol. The zero-order valence-electron chi connectivity index (χ0n) is 15.7. The first-order valence-corrected chi connectivity index (χ1v) is 9.88. The Morgan fingerprint density at radius 2 is 2.00 bits per heavy atom. The maximum atomic E-state index is 12.1. The molecule has 0 radical (unpaired) electrons. The lowest BCUT2D eigenvalue weighted by molar-refractivity contribution is -0.122. The molecule has 0 spiro atoms. The van der Waals surface area contributed by atoms with E-state index in [0.717, 1.165) is 36.4 Å². The van der Waals surface area contributed by atoms with Crippen molar-refractivity contribution in [2.45, 2.75) is 71.4 Å². The number of nitrogens with one attached hydrogen (secondary N) is 2. The van der Waals surface area contributed by atoms with Gasteiger partial charge >= 0.3 is 6.03 Å². The van der Waals surface area contributed by atoms with Crippen LogP contribution in [0.2, 0.25) is 0 Å². The number of thiazole rings is 1. The molecule has 1 aliphatic heterocycles. The second-order valence-corrected chi connectivity index (χ2v) is 8.78. The minimum atomic E-state index is -0.224. The molecule has 2 rings (SSSR count). The highest BCUT2D eigenvalue weighted by atomic mass is 32.1. The third kappa shape index (κ3) is 7.02. The summed E-state index contributed by atoms with van der Waals surface area (Å²) in [4.78, 5) is 30.5. The highest BCUT2D eigenvalue weighted by molar-refractivity contribution is 7.09. The number of piperidine rings is 1. The number of carbonyl (C=O) groups excluding carboxylic acids is 2. The zero-order chi connectivity index (χ0) is 18.4. The third-order valence-electron chi connectivity index (χ3n) is 4.13. The number of urea groups is 1. The van der Waals surface area contributed by atoms with Gasteiger partial charge in [0.05, 0.1) is 10.7 Å². The highest BCUT2D eigenvalue weighted by Gasteiger charge is 2.25. The van der Waals surface area contributed by atoms with Crippen molar-refractivity contribution >= 4 is 23.3 Å². The summed E-state index contributed by atoms with van der Waals surface area (Å²) >= 11 is 1.65. The molecule has 140 valence electrons. The number of carbonyl (C=O) groups is 2. The summed E-state index contributed by atoms with van der Waals surface area (Å²) in [6.45, 7) is 9.30. The van der Waals surface area contributed by atoms with E-state index in [9.17, 15) is 9.59 Å². The van der Waals surface area contributed by atoms with Crippen LogP contribution in [0.4, 0.5) is 4.79 Å². The maximum Gasteiger partial charge on any atom is 0.317 e. The standard InChI is InChI=1S/C18H30N4O2S/c1-13-19-15(12-25-13)6-5-7-16(23)20-14-8-10-22(11-9-14)17(24)21-18(2,3)4/h12,14H,5-11H2,1-4H3,(H,20,23)(H,21,24). The minimum Gasteiger partial charge on any atom is -0.353 e. The van der Waals surface area contributed by atoms with Crippen molar-refractivity contribution in [3.8, 4) is 0 Å². The summed E-state index contributed by atoms with van der Waals surface area (Å²) in [5.41, 5.74) is 0.853. The Balaban J connectivity index is 1.64. The first-order valence-electron chi connectivity index (χ1n) is 9.00. The summed E-state index contributed by atoms with van der Waals surface area (Å²) < 4.78 is 0. The molecule has 0 atom stereocenters. The van der Waals surface area contributed by atoms with Crippen LogP contribution in [0.5, 0.6) is 0 Å². The first-order chi connectivity index (χ1) is 11.7. The van der Waals surface area contributed by atoms with Gasteiger partial charge in [-0.15, -0.1) is 11.3 Å².